The Labute approximate surface area is 144 Å². The summed E-state index contributed by atoms with van der Waals surface area (Å²) in [6.45, 7) is 4.49. The van der Waals surface area contributed by atoms with Crippen molar-refractivity contribution >= 4 is 11.9 Å². The van der Waals surface area contributed by atoms with Crippen molar-refractivity contribution in [1.29, 1.82) is 0 Å². The second-order valence-corrected chi connectivity index (χ2v) is 6.02. The van der Waals surface area contributed by atoms with Crippen LogP contribution < -0.4 is 4.90 Å². The van der Waals surface area contributed by atoms with Gasteiger partial charge in [0.1, 0.15) is 0 Å². The molecule has 0 saturated carbocycles. The highest BCUT2D eigenvalue weighted by atomic mass is 16.5. The van der Waals surface area contributed by atoms with E-state index in [0.717, 1.165) is 5.56 Å². The lowest BCUT2D eigenvalue weighted by Gasteiger charge is -2.32. The molecule has 0 spiro atoms. The van der Waals surface area contributed by atoms with Gasteiger partial charge in [-0.1, -0.05) is 35.0 Å². The molecule has 0 unspecified atom stereocenters. The molecule has 3 heterocycles. The van der Waals surface area contributed by atoms with Gasteiger partial charge in [0.05, 0.1) is 6.26 Å². The van der Waals surface area contributed by atoms with E-state index in [1.807, 2.05) is 36.1 Å². The van der Waals surface area contributed by atoms with Gasteiger partial charge in [0.2, 0.25) is 5.82 Å². The van der Waals surface area contributed by atoms with E-state index >= 15 is 0 Å². The van der Waals surface area contributed by atoms with Gasteiger partial charge in [0.15, 0.2) is 5.76 Å². The van der Waals surface area contributed by atoms with Crippen molar-refractivity contribution < 1.29 is 13.7 Å². The Hall–Kier alpha value is -3.09. The predicted octanol–water partition coefficient (Wildman–Crippen LogP) is 2.60. The number of anilines is 1. The number of carbonyl (C=O) groups excluding carboxylic acids is 1. The van der Waals surface area contributed by atoms with Crippen LogP contribution in [-0.2, 0) is 0 Å². The third-order valence-electron chi connectivity index (χ3n) is 4.29. The molecule has 2 aromatic heterocycles. The maximum atomic E-state index is 12.3. The Balaban J connectivity index is 1.41. The first kappa shape index (κ1) is 15.4. The zero-order chi connectivity index (χ0) is 17.2. The van der Waals surface area contributed by atoms with Crippen molar-refractivity contribution in [2.75, 3.05) is 31.1 Å². The highest BCUT2D eigenvalue weighted by Crippen LogP contribution is 2.21. The first-order valence-corrected chi connectivity index (χ1v) is 8.19. The van der Waals surface area contributed by atoms with Crippen LogP contribution >= 0.6 is 0 Å². The molecule has 1 aromatic carbocycles. The molecule has 7 heteroatoms. The molecular formula is C18H18N4O3. The van der Waals surface area contributed by atoms with Gasteiger partial charge in [-0.3, -0.25) is 4.79 Å². The number of aromatic nitrogens is 2. The zero-order valence-electron chi connectivity index (χ0n) is 13.9. The molecule has 1 aliphatic heterocycles. The van der Waals surface area contributed by atoms with Crippen molar-refractivity contribution in [1.82, 2.24) is 15.0 Å². The monoisotopic (exact) mass is 338 g/mol. The summed E-state index contributed by atoms with van der Waals surface area (Å²) >= 11 is 0. The first-order chi connectivity index (χ1) is 12.2. The number of piperazine rings is 1. The topological polar surface area (TPSA) is 75.6 Å². The quantitative estimate of drug-likeness (QED) is 0.731. The molecule has 0 aliphatic carbocycles. The van der Waals surface area contributed by atoms with Crippen LogP contribution in [0.1, 0.15) is 16.1 Å². The van der Waals surface area contributed by atoms with Gasteiger partial charge < -0.3 is 18.7 Å². The minimum absolute atomic E-state index is 0.0875. The van der Waals surface area contributed by atoms with E-state index in [0.29, 0.717) is 43.8 Å². The van der Waals surface area contributed by atoms with Crippen LogP contribution in [0, 0.1) is 6.92 Å². The van der Waals surface area contributed by atoms with E-state index in [-0.39, 0.29) is 5.91 Å². The molecule has 0 atom stereocenters. The van der Waals surface area contributed by atoms with E-state index in [1.54, 1.807) is 17.0 Å². The smallest absolute Gasteiger partial charge is 0.324 e. The fraction of sp³-hybridized carbons (Fsp3) is 0.278. The van der Waals surface area contributed by atoms with Gasteiger partial charge in [0.25, 0.3) is 5.91 Å². The molecule has 0 N–H and O–H groups in total. The normalized spacial score (nSPS) is 14.8. The second kappa shape index (κ2) is 6.43. The van der Waals surface area contributed by atoms with Crippen LogP contribution in [0.5, 0.6) is 0 Å². The van der Waals surface area contributed by atoms with Gasteiger partial charge in [-0.15, -0.1) is 0 Å². The molecule has 3 aromatic rings. The van der Waals surface area contributed by atoms with Gasteiger partial charge in [0, 0.05) is 31.7 Å². The molecule has 25 heavy (non-hydrogen) atoms. The van der Waals surface area contributed by atoms with Gasteiger partial charge in [-0.2, -0.15) is 4.98 Å². The standard InChI is InChI=1S/C18H18N4O3/c1-13-4-6-14(7-5-13)16-19-18(25-20-16)22-10-8-21(9-11-22)17(23)15-3-2-12-24-15/h2-7,12H,8-11H2,1H3. The van der Waals surface area contributed by atoms with Crippen LogP contribution in [0.25, 0.3) is 11.4 Å². The lowest BCUT2D eigenvalue weighted by Crippen LogP contribution is -2.48. The average molecular weight is 338 g/mol. The van der Waals surface area contributed by atoms with Crippen molar-refractivity contribution in [3.63, 3.8) is 0 Å². The number of nitrogens with zero attached hydrogens (tertiary/aromatic N) is 4. The van der Waals surface area contributed by atoms with E-state index in [9.17, 15) is 4.79 Å². The number of carbonyl (C=O) groups is 1. The van der Waals surface area contributed by atoms with Crippen molar-refractivity contribution in [3.8, 4) is 11.4 Å². The number of benzene rings is 1. The highest BCUT2D eigenvalue weighted by molar-refractivity contribution is 5.91. The molecule has 1 amide bonds. The van der Waals surface area contributed by atoms with Crippen LogP contribution in [0.3, 0.4) is 0 Å². The SMILES string of the molecule is Cc1ccc(-c2noc(N3CCN(C(=O)c4ccco4)CC3)n2)cc1. The fourth-order valence-electron chi connectivity index (χ4n) is 2.82. The number of aryl methyl sites for hydroxylation is 1. The summed E-state index contributed by atoms with van der Waals surface area (Å²) < 4.78 is 10.6. The number of hydrogen-bond acceptors (Lipinski definition) is 6. The maximum absolute atomic E-state index is 12.3. The Morgan fingerprint density at radius 2 is 1.84 bits per heavy atom. The Kier molecular flexibility index (Phi) is 3.97. The van der Waals surface area contributed by atoms with Crippen LogP contribution in [0.15, 0.2) is 51.6 Å². The summed E-state index contributed by atoms with van der Waals surface area (Å²) in [5.74, 6) is 0.854. The number of rotatable bonds is 3. The van der Waals surface area contributed by atoms with Crippen molar-refractivity contribution in [2.24, 2.45) is 0 Å². The summed E-state index contributed by atoms with van der Waals surface area (Å²) in [5, 5.41) is 4.06. The van der Waals surface area contributed by atoms with E-state index < -0.39 is 0 Å². The molecule has 1 aliphatic rings. The lowest BCUT2D eigenvalue weighted by atomic mass is 10.1. The summed E-state index contributed by atoms with van der Waals surface area (Å²) in [6, 6.07) is 11.9. The molecular weight excluding hydrogens is 320 g/mol. The van der Waals surface area contributed by atoms with E-state index in [2.05, 4.69) is 10.1 Å². The van der Waals surface area contributed by atoms with Gasteiger partial charge in [-0.25, -0.2) is 0 Å². The third kappa shape index (κ3) is 3.13. The molecule has 7 nitrogen and oxygen atoms in total. The van der Waals surface area contributed by atoms with Gasteiger partial charge >= 0.3 is 6.01 Å². The van der Waals surface area contributed by atoms with Crippen LogP contribution in [0.2, 0.25) is 0 Å². The summed E-state index contributed by atoms with van der Waals surface area (Å²) in [7, 11) is 0. The zero-order valence-corrected chi connectivity index (χ0v) is 13.9. The van der Waals surface area contributed by atoms with Crippen molar-refractivity contribution in [3.05, 3.63) is 54.0 Å². The summed E-state index contributed by atoms with van der Waals surface area (Å²) in [5.41, 5.74) is 2.11. The minimum Gasteiger partial charge on any atom is -0.459 e. The Morgan fingerprint density at radius 1 is 1.08 bits per heavy atom. The number of hydrogen-bond donors (Lipinski definition) is 0. The molecule has 0 radical (unpaired) electrons. The van der Waals surface area contributed by atoms with E-state index in [1.165, 1.54) is 11.8 Å². The molecule has 4 rings (SSSR count). The summed E-state index contributed by atoms with van der Waals surface area (Å²) in [6.07, 6.45) is 1.51. The number of furan rings is 1. The Morgan fingerprint density at radius 3 is 2.52 bits per heavy atom. The van der Waals surface area contributed by atoms with Gasteiger partial charge in [-0.05, 0) is 19.1 Å². The lowest BCUT2D eigenvalue weighted by molar-refractivity contribution is 0.0712. The molecule has 0 bridgehead atoms. The number of amides is 1. The van der Waals surface area contributed by atoms with Crippen LogP contribution in [-0.4, -0.2) is 47.1 Å². The third-order valence-corrected chi connectivity index (χ3v) is 4.29. The first-order valence-electron chi connectivity index (χ1n) is 8.19. The largest absolute Gasteiger partial charge is 0.459 e. The highest BCUT2D eigenvalue weighted by Gasteiger charge is 2.26. The minimum atomic E-state index is -0.0875. The maximum Gasteiger partial charge on any atom is 0.324 e. The molecule has 1 fully saturated rings. The Bertz CT molecular complexity index is 847. The molecule has 128 valence electrons. The van der Waals surface area contributed by atoms with E-state index in [4.69, 9.17) is 8.94 Å². The summed E-state index contributed by atoms with van der Waals surface area (Å²) in [4.78, 5) is 20.5. The predicted molar refractivity (Wildman–Crippen MR) is 91.3 cm³/mol. The average Bonchev–Trinajstić information content (AvgIpc) is 3.34. The van der Waals surface area contributed by atoms with Crippen molar-refractivity contribution in [2.45, 2.75) is 6.92 Å². The van der Waals surface area contributed by atoms with Crippen LogP contribution in [0.4, 0.5) is 6.01 Å². The second-order valence-electron chi connectivity index (χ2n) is 6.02. The fourth-order valence-corrected chi connectivity index (χ4v) is 2.82. The molecule has 1 saturated heterocycles.